The maximum atomic E-state index is 13.6. The summed E-state index contributed by atoms with van der Waals surface area (Å²) in [7, 11) is -3.11. The summed E-state index contributed by atoms with van der Waals surface area (Å²) in [6.07, 6.45) is 1.89. The molecule has 0 amide bonds. The van der Waals surface area contributed by atoms with Crippen LogP contribution in [0.25, 0.3) is 0 Å². The minimum atomic E-state index is -4.10. The first kappa shape index (κ1) is 16.1. The van der Waals surface area contributed by atoms with Crippen molar-refractivity contribution in [1.29, 1.82) is 0 Å². The summed E-state index contributed by atoms with van der Waals surface area (Å²) in [5.74, 6) is -1.19. The molecule has 106 valence electrons. The van der Waals surface area contributed by atoms with E-state index in [-0.39, 0.29) is 6.54 Å². The largest absolute Gasteiger partial charge is 0.261 e. The van der Waals surface area contributed by atoms with Crippen molar-refractivity contribution in [2.24, 2.45) is 0 Å². The first-order valence-electron chi connectivity index (χ1n) is 5.03. The molecule has 0 saturated carbocycles. The van der Waals surface area contributed by atoms with E-state index in [0.717, 1.165) is 12.1 Å². The molecule has 1 N–H and O–H groups in total. The van der Waals surface area contributed by atoms with Gasteiger partial charge in [0.15, 0.2) is 0 Å². The van der Waals surface area contributed by atoms with E-state index < -0.39 is 34.7 Å². The summed E-state index contributed by atoms with van der Waals surface area (Å²) >= 11 is 0. The van der Waals surface area contributed by atoms with Crippen molar-refractivity contribution in [2.75, 3.05) is 6.54 Å². The lowest BCUT2D eigenvalue weighted by Gasteiger charge is -2.07. The highest BCUT2D eigenvalue weighted by Crippen LogP contribution is 2.21. The fourth-order valence-corrected chi connectivity index (χ4v) is 3.09. The first-order chi connectivity index (χ1) is 8.68. The summed E-state index contributed by atoms with van der Waals surface area (Å²) in [6.45, 7) is 3.49. The maximum absolute atomic E-state index is 13.6. The number of sulfonamides is 1. The summed E-state index contributed by atoms with van der Waals surface area (Å²) < 4.78 is 61.2. The minimum absolute atomic E-state index is 0.0703. The third-order valence-corrected chi connectivity index (χ3v) is 4.96. The molecule has 1 aromatic rings. The van der Waals surface area contributed by atoms with Crippen LogP contribution in [0.2, 0.25) is 0 Å². The number of halogens is 2. The van der Waals surface area contributed by atoms with Gasteiger partial charge in [0.05, 0.1) is 4.90 Å². The van der Waals surface area contributed by atoms with Gasteiger partial charge in [0.25, 0.3) is 9.05 Å². The van der Waals surface area contributed by atoms with E-state index in [9.17, 15) is 21.2 Å². The Morgan fingerprint density at radius 3 is 2.42 bits per heavy atom. The fraction of sp³-hybridized carbons (Fsp3) is 0.200. The maximum Gasteiger partial charge on any atom is 0.261 e. The lowest BCUT2D eigenvalue weighted by Crippen LogP contribution is -2.25. The average molecular weight is 328 g/mol. The van der Waals surface area contributed by atoms with Crippen LogP contribution in [0.3, 0.4) is 0 Å². The molecule has 0 fully saturated rings. The van der Waals surface area contributed by atoms with Crippen LogP contribution in [-0.2, 0) is 19.1 Å². The molecule has 0 atom stereocenters. The van der Waals surface area contributed by atoms with Gasteiger partial charge in [-0.3, -0.25) is 0 Å². The molecule has 0 saturated heterocycles. The van der Waals surface area contributed by atoms with Gasteiger partial charge >= 0.3 is 0 Å². The molecule has 1 aromatic carbocycles. The number of rotatable bonds is 6. The van der Waals surface area contributed by atoms with E-state index in [1.165, 1.54) is 6.08 Å². The van der Waals surface area contributed by atoms with Crippen molar-refractivity contribution in [3.63, 3.8) is 0 Å². The Morgan fingerprint density at radius 1 is 1.32 bits per heavy atom. The molecule has 0 heterocycles. The molecule has 19 heavy (non-hydrogen) atoms. The van der Waals surface area contributed by atoms with Crippen molar-refractivity contribution < 1.29 is 21.2 Å². The second-order valence-electron chi connectivity index (χ2n) is 3.51. The Hall–Kier alpha value is -0.960. The van der Waals surface area contributed by atoms with Crippen LogP contribution in [0, 0.1) is 5.82 Å². The zero-order valence-electron chi connectivity index (χ0n) is 9.64. The SMILES string of the molecule is C=CCCNS(=O)(=O)c1ccc(S(=O)(=O)Cl)cc1F. The Bertz CT molecular complexity index is 685. The Labute approximate surface area is 115 Å². The Balaban J connectivity index is 3.12. The lowest BCUT2D eigenvalue weighted by atomic mass is 10.3. The van der Waals surface area contributed by atoms with Gasteiger partial charge in [0.1, 0.15) is 10.7 Å². The average Bonchev–Trinajstić information content (AvgIpc) is 2.27. The first-order valence-corrected chi connectivity index (χ1v) is 8.82. The standard InChI is InChI=1S/C10H11ClFNO4S2/c1-2-3-6-13-19(16,17)10-5-4-8(7-9(10)12)18(11,14)15/h2,4-5,7,13H,1,3,6H2. The van der Waals surface area contributed by atoms with E-state index in [2.05, 4.69) is 11.3 Å². The van der Waals surface area contributed by atoms with Gasteiger partial charge in [-0.25, -0.2) is 25.9 Å². The summed E-state index contributed by atoms with van der Waals surface area (Å²) in [5, 5.41) is 0. The predicted molar refractivity (Wildman–Crippen MR) is 69.4 cm³/mol. The molecule has 0 bridgehead atoms. The van der Waals surface area contributed by atoms with Gasteiger partial charge in [0, 0.05) is 17.2 Å². The van der Waals surface area contributed by atoms with Crippen molar-refractivity contribution >= 4 is 29.8 Å². The second kappa shape index (κ2) is 6.00. The van der Waals surface area contributed by atoms with Crippen LogP contribution in [0.15, 0.2) is 40.6 Å². The van der Waals surface area contributed by atoms with Crippen LogP contribution in [-0.4, -0.2) is 23.4 Å². The highest BCUT2D eigenvalue weighted by molar-refractivity contribution is 8.13. The molecule has 0 aromatic heterocycles. The second-order valence-corrected chi connectivity index (χ2v) is 7.81. The summed E-state index contributed by atoms with van der Waals surface area (Å²) in [4.78, 5) is -1.14. The van der Waals surface area contributed by atoms with Crippen molar-refractivity contribution in [1.82, 2.24) is 4.72 Å². The van der Waals surface area contributed by atoms with Gasteiger partial charge in [-0.1, -0.05) is 6.08 Å². The van der Waals surface area contributed by atoms with Crippen LogP contribution in [0.4, 0.5) is 4.39 Å². The topological polar surface area (TPSA) is 80.3 Å². The molecule has 0 aliphatic heterocycles. The number of benzene rings is 1. The molecule has 9 heteroatoms. The molecule has 5 nitrogen and oxygen atoms in total. The number of hydrogen-bond acceptors (Lipinski definition) is 4. The Morgan fingerprint density at radius 2 is 1.95 bits per heavy atom. The van der Waals surface area contributed by atoms with Gasteiger partial charge < -0.3 is 0 Å². The number of nitrogens with one attached hydrogen (secondary N) is 1. The van der Waals surface area contributed by atoms with E-state index in [1.54, 1.807) is 0 Å². The summed E-state index contributed by atoms with van der Waals surface area (Å²) in [5.41, 5.74) is 0. The van der Waals surface area contributed by atoms with Crippen LogP contribution >= 0.6 is 10.7 Å². The highest BCUT2D eigenvalue weighted by atomic mass is 35.7. The van der Waals surface area contributed by atoms with Crippen molar-refractivity contribution in [3.8, 4) is 0 Å². The molecule has 1 rings (SSSR count). The molecule has 0 unspecified atom stereocenters. The summed E-state index contributed by atoms with van der Waals surface area (Å²) in [6, 6.07) is 2.33. The van der Waals surface area contributed by atoms with Crippen LogP contribution in [0.5, 0.6) is 0 Å². The van der Waals surface area contributed by atoms with E-state index in [1.807, 2.05) is 0 Å². The predicted octanol–water partition coefficient (Wildman–Crippen LogP) is 1.61. The highest BCUT2D eigenvalue weighted by Gasteiger charge is 2.21. The molecule has 0 radical (unpaired) electrons. The van der Waals surface area contributed by atoms with Gasteiger partial charge in [-0.2, -0.15) is 0 Å². The van der Waals surface area contributed by atoms with E-state index in [0.29, 0.717) is 12.5 Å². The van der Waals surface area contributed by atoms with E-state index >= 15 is 0 Å². The molecule has 0 spiro atoms. The molecule has 0 aliphatic rings. The van der Waals surface area contributed by atoms with Crippen LogP contribution < -0.4 is 4.72 Å². The quantitative estimate of drug-likeness (QED) is 0.489. The monoisotopic (exact) mass is 327 g/mol. The number of hydrogen-bond donors (Lipinski definition) is 1. The van der Waals surface area contributed by atoms with Gasteiger partial charge in [0.2, 0.25) is 10.0 Å². The molecular weight excluding hydrogens is 317 g/mol. The third kappa shape index (κ3) is 4.27. The van der Waals surface area contributed by atoms with Crippen LogP contribution in [0.1, 0.15) is 6.42 Å². The molecule has 0 aliphatic carbocycles. The van der Waals surface area contributed by atoms with Gasteiger partial charge in [-0.15, -0.1) is 6.58 Å². The minimum Gasteiger partial charge on any atom is -0.211 e. The zero-order chi connectivity index (χ0) is 14.7. The zero-order valence-corrected chi connectivity index (χ0v) is 12.0. The van der Waals surface area contributed by atoms with Crippen molar-refractivity contribution in [2.45, 2.75) is 16.2 Å². The third-order valence-electron chi connectivity index (χ3n) is 2.11. The Kier molecular flexibility index (Phi) is 5.08. The van der Waals surface area contributed by atoms with Gasteiger partial charge in [-0.05, 0) is 24.6 Å². The fourth-order valence-electron chi connectivity index (χ4n) is 1.22. The lowest BCUT2D eigenvalue weighted by molar-refractivity contribution is 0.554. The van der Waals surface area contributed by atoms with Crippen molar-refractivity contribution in [3.05, 3.63) is 36.7 Å². The van der Waals surface area contributed by atoms with E-state index in [4.69, 9.17) is 10.7 Å². The smallest absolute Gasteiger partial charge is 0.211 e. The molecular formula is C10H11ClFNO4S2. The normalized spacial score (nSPS) is 12.3.